The topological polar surface area (TPSA) is 81.7 Å². The van der Waals surface area contributed by atoms with Crippen LogP contribution in [0.15, 0.2) is 12.7 Å². The molecule has 0 bridgehead atoms. The smallest absolute Gasteiger partial charge is 0.348 e. The summed E-state index contributed by atoms with van der Waals surface area (Å²) in [4.78, 5) is 36.5. The number of esters is 2. The van der Waals surface area contributed by atoms with Crippen molar-refractivity contribution in [3.05, 3.63) is 28.7 Å². The molecule has 6 nitrogen and oxygen atoms in total. The molecule has 0 atom stereocenters. The van der Waals surface area contributed by atoms with Gasteiger partial charge in [0.15, 0.2) is 0 Å². The van der Waals surface area contributed by atoms with Crippen molar-refractivity contribution in [2.45, 2.75) is 26.7 Å². The second-order valence-corrected chi connectivity index (χ2v) is 6.15. The molecule has 1 aromatic heterocycles. The Hall–Kier alpha value is -2.15. The highest BCUT2D eigenvalue weighted by Crippen LogP contribution is 2.37. The summed E-state index contributed by atoms with van der Waals surface area (Å²) in [6.07, 6.45) is 3.15. The van der Waals surface area contributed by atoms with Gasteiger partial charge in [-0.3, -0.25) is 4.79 Å². The van der Waals surface area contributed by atoms with Gasteiger partial charge >= 0.3 is 11.9 Å². The summed E-state index contributed by atoms with van der Waals surface area (Å²) < 4.78 is 10.0. The summed E-state index contributed by atoms with van der Waals surface area (Å²) in [7, 11) is 0. The Bertz CT molecular complexity index is 645. The van der Waals surface area contributed by atoms with E-state index in [2.05, 4.69) is 11.9 Å². The molecule has 1 N–H and O–H groups in total. The highest BCUT2D eigenvalue weighted by atomic mass is 32.1. The van der Waals surface area contributed by atoms with Crippen molar-refractivity contribution >= 4 is 34.2 Å². The molecule has 1 aromatic rings. The normalized spacial score (nSPS) is 13.3. The van der Waals surface area contributed by atoms with Gasteiger partial charge in [-0.25, -0.2) is 9.59 Å². The van der Waals surface area contributed by atoms with Gasteiger partial charge in [-0.15, -0.1) is 11.3 Å². The summed E-state index contributed by atoms with van der Waals surface area (Å²) >= 11 is 1.03. The second kappa shape index (κ2) is 7.41. The minimum absolute atomic E-state index is 0.0105. The molecule has 124 valence electrons. The number of amides is 1. The number of hydrogen-bond acceptors (Lipinski definition) is 6. The average Bonchev–Trinajstić information content (AvgIpc) is 3.30. The van der Waals surface area contributed by atoms with E-state index in [-0.39, 0.29) is 35.5 Å². The van der Waals surface area contributed by atoms with Crippen molar-refractivity contribution in [2.75, 3.05) is 18.5 Å². The number of ether oxygens (including phenoxy) is 2. The monoisotopic (exact) mass is 337 g/mol. The maximum Gasteiger partial charge on any atom is 0.348 e. The van der Waals surface area contributed by atoms with E-state index >= 15 is 0 Å². The minimum Gasteiger partial charge on any atom is -0.462 e. The predicted octanol–water partition coefficient (Wildman–Crippen LogP) is 2.92. The van der Waals surface area contributed by atoms with Crippen LogP contribution in [0.2, 0.25) is 0 Å². The molecule has 0 saturated heterocycles. The molecule has 7 heteroatoms. The maximum absolute atomic E-state index is 12.2. The minimum atomic E-state index is -0.560. The zero-order chi connectivity index (χ0) is 17.0. The number of nitrogens with one attached hydrogen (secondary N) is 1. The van der Waals surface area contributed by atoms with Crippen LogP contribution in [0.3, 0.4) is 0 Å². The molecule has 23 heavy (non-hydrogen) atoms. The van der Waals surface area contributed by atoms with Crippen LogP contribution in [0.1, 0.15) is 45.4 Å². The number of hydrogen-bond donors (Lipinski definition) is 1. The van der Waals surface area contributed by atoms with Crippen LogP contribution in [0.25, 0.3) is 0 Å². The molecule has 0 radical (unpaired) electrons. The Morgan fingerprint density at radius 3 is 2.57 bits per heavy atom. The van der Waals surface area contributed by atoms with Gasteiger partial charge in [0.1, 0.15) is 16.5 Å². The zero-order valence-electron chi connectivity index (χ0n) is 13.1. The maximum atomic E-state index is 12.2. The molecule has 0 aliphatic heterocycles. The van der Waals surface area contributed by atoms with Gasteiger partial charge < -0.3 is 14.8 Å². The molecule has 2 rings (SSSR count). The molecule has 1 fully saturated rings. The molecular formula is C16H19NO5S. The second-order valence-electron chi connectivity index (χ2n) is 5.13. The van der Waals surface area contributed by atoms with Crippen molar-refractivity contribution in [1.29, 1.82) is 0 Å². The number of carbonyl (C=O) groups is 3. The lowest BCUT2D eigenvalue weighted by Gasteiger charge is -2.06. The van der Waals surface area contributed by atoms with E-state index in [4.69, 9.17) is 9.47 Å². The van der Waals surface area contributed by atoms with Crippen LogP contribution in [-0.4, -0.2) is 31.1 Å². The van der Waals surface area contributed by atoms with Gasteiger partial charge in [0.05, 0.1) is 12.2 Å². The fraction of sp³-hybridized carbons (Fsp3) is 0.438. The van der Waals surface area contributed by atoms with Crippen molar-refractivity contribution in [1.82, 2.24) is 0 Å². The van der Waals surface area contributed by atoms with Gasteiger partial charge in [-0.2, -0.15) is 0 Å². The average molecular weight is 337 g/mol. The van der Waals surface area contributed by atoms with Gasteiger partial charge in [0.25, 0.3) is 0 Å². The zero-order valence-corrected chi connectivity index (χ0v) is 14.0. The van der Waals surface area contributed by atoms with E-state index in [1.807, 2.05) is 0 Å². The van der Waals surface area contributed by atoms with Crippen LogP contribution in [0.5, 0.6) is 0 Å². The van der Waals surface area contributed by atoms with E-state index in [9.17, 15) is 14.4 Å². The lowest BCUT2D eigenvalue weighted by Crippen LogP contribution is -2.16. The Balaban J connectivity index is 2.32. The van der Waals surface area contributed by atoms with Crippen molar-refractivity contribution in [2.24, 2.45) is 5.92 Å². The highest BCUT2D eigenvalue weighted by molar-refractivity contribution is 7.18. The van der Waals surface area contributed by atoms with Crippen LogP contribution in [-0.2, 0) is 14.3 Å². The first-order valence-electron chi connectivity index (χ1n) is 7.38. The standard InChI is InChI=1S/C16H19NO5S/c1-4-8-22-16(20)12-9(3)11(15(19)21-5-2)14(23-12)17-13(18)10-6-7-10/h4,10H,1,5-8H2,2-3H3,(H,17,18). The Morgan fingerprint density at radius 1 is 1.30 bits per heavy atom. The first kappa shape index (κ1) is 17.2. The van der Waals surface area contributed by atoms with Crippen LogP contribution < -0.4 is 5.32 Å². The molecule has 0 spiro atoms. The lowest BCUT2D eigenvalue weighted by atomic mass is 10.1. The van der Waals surface area contributed by atoms with E-state index in [0.717, 1.165) is 24.2 Å². The predicted molar refractivity (Wildman–Crippen MR) is 86.8 cm³/mol. The third-order valence-corrected chi connectivity index (χ3v) is 4.52. The largest absolute Gasteiger partial charge is 0.462 e. The first-order chi connectivity index (χ1) is 11.0. The van der Waals surface area contributed by atoms with Gasteiger partial charge in [-0.05, 0) is 32.3 Å². The van der Waals surface area contributed by atoms with Crippen LogP contribution in [0.4, 0.5) is 5.00 Å². The number of anilines is 1. The fourth-order valence-corrected chi connectivity index (χ4v) is 3.10. The third kappa shape index (κ3) is 3.98. The van der Waals surface area contributed by atoms with Gasteiger partial charge in [0.2, 0.25) is 5.91 Å². The molecule has 1 aliphatic rings. The number of thiophene rings is 1. The molecule has 0 aromatic carbocycles. The highest BCUT2D eigenvalue weighted by Gasteiger charge is 2.33. The summed E-state index contributed by atoms with van der Waals surface area (Å²) in [5, 5.41) is 3.07. The summed E-state index contributed by atoms with van der Waals surface area (Å²) in [5.74, 6) is -1.26. The van der Waals surface area contributed by atoms with Crippen molar-refractivity contribution in [3.8, 4) is 0 Å². The van der Waals surface area contributed by atoms with Gasteiger partial charge in [0, 0.05) is 5.92 Å². The van der Waals surface area contributed by atoms with E-state index in [0.29, 0.717) is 10.6 Å². The first-order valence-corrected chi connectivity index (χ1v) is 8.20. The van der Waals surface area contributed by atoms with Crippen molar-refractivity contribution < 1.29 is 23.9 Å². The fourth-order valence-electron chi connectivity index (χ4n) is 2.00. The third-order valence-electron chi connectivity index (χ3n) is 3.33. The lowest BCUT2D eigenvalue weighted by molar-refractivity contribution is -0.117. The quantitative estimate of drug-likeness (QED) is 0.611. The van der Waals surface area contributed by atoms with Crippen molar-refractivity contribution in [3.63, 3.8) is 0 Å². The summed E-state index contributed by atoms with van der Waals surface area (Å²) in [6.45, 7) is 7.11. The van der Waals surface area contributed by atoms with Crippen LogP contribution in [0, 0.1) is 12.8 Å². The molecule has 1 aliphatic carbocycles. The summed E-state index contributed by atoms with van der Waals surface area (Å²) in [5.41, 5.74) is 0.671. The number of rotatable bonds is 7. The molecule has 1 amide bonds. The Kier molecular flexibility index (Phi) is 5.54. The van der Waals surface area contributed by atoms with Gasteiger partial charge in [-0.1, -0.05) is 12.7 Å². The van der Waals surface area contributed by atoms with E-state index in [1.165, 1.54) is 6.08 Å². The van der Waals surface area contributed by atoms with E-state index in [1.54, 1.807) is 13.8 Å². The Labute approximate surface area is 138 Å². The molecular weight excluding hydrogens is 318 g/mol. The molecule has 1 saturated carbocycles. The SMILES string of the molecule is C=CCOC(=O)c1sc(NC(=O)C2CC2)c(C(=O)OCC)c1C. The Morgan fingerprint density at radius 2 is 2.00 bits per heavy atom. The molecule has 1 heterocycles. The molecule has 0 unspecified atom stereocenters. The van der Waals surface area contributed by atoms with Crippen LogP contribution >= 0.6 is 11.3 Å². The van der Waals surface area contributed by atoms with E-state index < -0.39 is 11.9 Å². The summed E-state index contributed by atoms with van der Waals surface area (Å²) in [6, 6.07) is 0. The number of carbonyl (C=O) groups excluding carboxylic acids is 3.